The van der Waals surface area contributed by atoms with Crippen molar-refractivity contribution >= 4 is 0 Å². The molecule has 0 aliphatic heterocycles. The van der Waals surface area contributed by atoms with Crippen LogP contribution in [0.15, 0.2) is 0 Å². The second-order valence-electron chi connectivity index (χ2n) is 3.48. The van der Waals surface area contributed by atoms with Crippen molar-refractivity contribution in [3.8, 4) is 0 Å². The van der Waals surface area contributed by atoms with E-state index in [0.717, 1.165) is 19.3 Å². The van der Waals surface area contributed by atoms with Crippen LogP contribution in [-0.4, -0.2) is 37.3 Å². The molecule has 0 heterocycles. The second kappa shape index (κ2) is 6.24. The lowest BCUT2D eigenvalue weighted by atomic mass is 10.2. The third-order valence-electron chi connectivity index (χ3n) is 2.25. The highest BCUT2D eigenvalue weighted by Gasteiger charge is 2.40. The summed E-state index contributed by atoms with van der Waals surface area (Å²) >= 11 is 0. The molecular formula is C9H19F3N2. The standard InChI is InChI=1S/C9H19F3N2/c1-3-4-5-6-14(2)8(7-13)9(10,11)12/h8H,3-7,13H2,1-2H3. The summed E-state index contributed by atoms with van der Waals surface area (Å²) in [6, 6.07) is -1.50. The van der Waals surface area contributed by atoms with Crippen LogP contribution in [0.1, 0.15) is 26.2 Å². The first kappa shape index (κ1) is 13.7. The minimum absolute atomic E-state index is 0.369. The molecule has 0 spiro atoms. The van der Waals surface area contributed by atoms with Gasteiger partial charge < -0.3 is 5.73 Å². The smallest absolute Gasteiger partial charge is 0.329 e. The Labute approximate surface area is 83.3 Å². The van der Waals surface area contributed by atoms with Crippen LogP contribution in [0, 0.1) is 0 Å². The molecule has 1 unspecified atom stereocenters. The molecule has 0 amide bonds. The van der Waals surface area contributed by atoms with E-state index < -0.39 is 12.2 Å². The fourth-order valence-electron chi connectivity index (χ4n) is 1.33. The summed E-state index contributed by atoms with van der Waals surface area (Å²) in [5.74, 6) is 0. The molecule has 0 aromatic heterocycles. The van der Waals surface area contributed by atoms with Gasteiger partial charge in [-0.2, -0.15) is 13.2 Å². The van der Waals surface area contributed by atoms with E-state index in [1.54, 1.807) is 0 Å². The normalized spacial score (nSPS) is 14.8. The molecule has 0 aliphatic carbocycles. The number of alkyl halides is 3. The number of likely N-dealkylation sites (N-methyl/N-ethyl adjacent to an activating group) is 1. The van der Waals surface area contributed by atoms with Crippen LogP contribution in [0.4, 0.5) is 13.2 Å². The maximum atomic E-state index is 12.4. The Bertz CT molecular complexity index is 147. The SMILES string of the molecule is CCCCCN(C)C(CN)C(F)(F)F. The summed E-state index contributed by atoms with van der Waals surface area (Å²) in [6.45, 7) is 2.10. The van der Waals surface area contributed by atoms with E-state index in [9.17, 15) is 13.2 Å². The Hall–Kier alpha value is -0.290. The maximum Gasteiger partial charge on any atom is 0.405 e. The van der Waals surface area contributed by atoms with Crippen LogP contribution in [0.3, 0.4) is 0 Å². The van der Waals surface area contributed by atoms with Crippen molar-refractivity contribution in [1.82, 2.24) is 4.90 Å². The lowest BCUT2D eigenvalue weighted by molar-refractivity contribution is -0.177. The van der Waals surface area contributed by atoms with Crippen molar-refractivity contribution < 1.29 is 13.2 Å². The van der Waals surface area contributed by atoms with Crippen LogP contribution < -0.4 is 5.73 Å². The van der Waals surface area contributed by atoms with Gasteiger partial charge in [0.15, 0.2) is 0 Å². The number of nitrogens with zero attached hydrogens (tertiary/aromatic N) is 1. The Morgan fingerprint density at radius 1 is 1.29 bits per heavy atom. The van der Waals surface area contributed by atoms with Crippen molar-refractivity contribution in [2.45, 2.75) is 38.4 Å². The van der Waals surface area contributed by atoms with Gasteiger partial charge in [0, 0.05) is 6.54 Å². The third-order valence-corrected chi connectivity index (χ3v) is 2.25. The number of nitrogens with two attached hydrogens (primary N) is 1. The molecule has 5 heteroatoms. The van der Waals surface area contributed by atoms with Gasteiger partial charge >= 0.3 is 6.18 Å². The maximum absolute atomic E-state index is 12.4. The summed E-state index contributed by atoms with van der Waals surface area (Å²) in [4.78, 5) is 1.29. The van der Waals surface area contributed by atoms with Crippen LogP contribution in [-0.2, 0) is 0 Å². The number of hydrogen-bond acceptors (Lipinski definition) is 2. The van der Waals surface area contributed by atoms with E-state index in [-0.39, 0.29) is 6.54 Å². The summed E-state index contributed by atoms with van der Waals surface area (Å²) in [5, 5.41) is 0. The molecule has 14 heavy (non-hydrogen) atoms. The minimum Gasteiger partial charge on any atom is -0.329 e. The molecule has 0 saturated heterocycles. The molecule has 0 radical (unpaired) electrons. The molecule has 0 fully saturated rings. The second-order valence-corrected chi connectivity index (χ2v) is 3.48. The summed E-state index contributed by atoms with van der Waals surface area (Å²) < 4.78 is 37.1. The van der Waals surface area contributed by atoms with Gasteiger partial charge in [0.1, 0.15) is 6.04 Å². The summed E-state index contributed by atoms with van der Waals surface area (Å²) in [6.07, 6.45) is -1.46. The molecule has 86 valence electrons. The lowest BCUT2D eigenvalue weighted by Crippen LogP contribution is -2.48. The fraction of sp³-hybridized carbons (Fsp3) is 1.00. The molecule has 2 N–H and O–H groups in total. The zero-order valence-corrected chi connectivity index (χ0v) is 8.77. The van der Waals surface area contributed by atoms with Gasteiger partial charge in [0.25, 0.3) is 0 Å². The van der Waals surface area contributed by atoms with Crippen molar-refractivity contribution in [3.63, 3.8) is 0 Å². The lowest BCUT2D eigenvalue weighted by Gasteiger charge is -2.28. The van der Waals surface area contributed by atoms with Gasteiger partial charge in [-0.3, -0.25) is 4.90 Å². The molecular weight excluding hydrogens is 193 g/mol. The number of unbranched alkanes of at least 4 members (excludes halogenated alkanes) is 2. The topological polar surface area (TPSA) is 29.3 Å². The van der Waals surface area contributed by atoms with Crippen LogP contribution in [0.5, 0.6) is 0 Å². The van der Waals surface area contributed by atoms with E-state index >= 15 is 0 Å². The highest BCUT2D eigenvalue weighted by molar-refractivity contribution is 4.77. The third kappa shape index (κ3) is 4.81. The van der Waals surface area contributed by atoms with Crippen molar-refractivity contribution in [3.05, 3.63) is 0 Å². The fourth-order valence-corrected chi connectivity index (χ4v) is 1.33. The molecule has 0 aromatic carbocycles. The number of halogens is 3. The van der Waals surface area contributed by atoms with Crippen LogP contribution in [0.2, 0.25) is 0 Å². The van der Waals surface area contributed by atoms with Gasteiger partial charge in [-0.25, -0.2) is 0 Å². The first-order valence-electron chi connectivity index (χ1n) is 4.90. The van der Waals surface area contributed by atoms with E-state index in [2.05, 4.69) is 0 Å². The van der Waals surface area contributed by atoms with Crippen molar-refractivity contribution in [2.75, 3.05) is 20.1 Å². The van der Waals surface area contributed by atoms with Gasteiger partial charge in [0.05, 0.1) is 0 Å². The predicted molar refractivity (Wildman–Crippen MR) is 51.1 cm³/mol. The predicted octanol–water partition coefficient (Wildman–Crippen LogP) is 2.00. The van der Waals surface area contributed by atoms with E-state index in [1.807, 2.05) is 6.92 Å². The molecule has 1 atom stereocenters. The van der Waals surface area contributed by atoms with Gasteiger partial charge in [-0.15, -0.1) is 0 Å². The van der Waals surface area contributed by atoms with Gasteiger partial charge in [-0.1, -0.05) is 19.8 Å². The Balaban J connectivity index is 3.98. The quantitative estimate of drug-likeness (QED) is 0.682. The number of rotatable bonds is 6. The zero-order valence-electron chi connectivity index (χ0n) is 8.77. The molecule has 0 bridgehead atoms. The van der Waals surface area contributed by atoms with E-state index in [0.29, 0.717) is 6.54 Å². The average molecular weight is 212 g/mol. The Morgan fingerprint density at radius 3 is 2.21 bits per heavy atom. The first-order valence-corrected chi connectivity index (χ1v) is 4.90. The van der Waals surface area contributed by atoms with E-state index in [1.165, 1.54) is 11.9 Å². The summed E-state index contributed by atoms with van der Waals surface area (Å²) in [5.41, 5.74) is 5.10. The molecule has 0 rings (SSSR count). The van der Waals surface area contributed by atoms with Crippen LogP contribution in [0.25, 0.3) is 0 Å². The highest BCUT2D eigenvalue weighted by atomic mass is 19.4. The first-order chi connectivity index (χ1) is 6.43. The van der Waals surface area contributed by atoms with Gasteiger partial charge in [-0.05, 0) is 20.0 Å². The molecule has 2 nitrogen and oxygen atoms in total. The van der Waals surface area contributed by atoms with Crippen molar-refractivity contribution in [2.24, 2.45) is 5.73 Å². The Morgan fingerprint density at radius 2 is 1.86 bits per heavy atom. The monoisotopic (exact) mass is 212 g/mol. The van der Waals surface area contributed by atoms with Crippen molar-refractivity contribution in [1.29, 1.82) is 0 Å². The van der Waals surface area contributed by atoms with Crippen LogP contribution >= 0.6 is 0 Å². The zero-order chi connectivity index (χ0) is 11.2. The molecule has 0 aliphatic rings. The van der Waals surface area contributed by atoms with E-state index in [4.69, 9.17) is 5.73 Å². The minimum atomic E-state index is -4.21. The number of hydrogen-bond donors (Lipinski definition) is 1. The molecule has 0 saturated carbocycles. The highest BCUT2D eigenvalue weighted by Crippen LogP contribution is 2.23. The summed E-state index contributed by atoms with van der Waals surface area (Å²) in [7, 11) is 1.47. The average Bonchev–Trinajstić information content (AvgIpc) is 2.03. The molecule has 0 aromatic rings. The van der Waals surface area contributed by atoms with Gasteiger partial charge in [0.2, 0.25) is 0 Å². The Kier molecular flexibility index (Phi) is 6.11. The largest absolute Gasteiger partial charge is 0.405 e.